The van der Waals surface area contributed by atoms with E-state index in [1.165, 1.54) is 29.2 Å². The Morgan fingerprint density at radius 1 is 1.36 bits per heavy atom. The summed E-state index contributed by atoms with van der Waals surface area (Å²) in [6, 6.07) is 9.20. The van der Waals surface area contributed by atoms with Crippen LogP contribution in [0.3, 0.4) is 0 Å². The molecule has 8 heteroatoms. The Hall–Kier alpha value is -2.74. The third-order valence-electron chi connectivity index (χ3n) is 4.25. The third kappa shape index (κ3) is 6.16. The van der Waals surface area contributed by atoms with Gasteiger partial charge in [0.05, 0.1) is 20.9 Å². The summed E-state index contributed by atoms with van der Waals surface area (Å²) in [7, 11) is 0. The molecule has 28 heavy (non-hydrogen) atoms. The first-order valence-electron chi connectivity index (χ1n) is 9.26. The summed E-state index contributed by atoms with van der Waals surface area (Å²) in [6.45, 7) is 6.05. The van der Waals surface area contributed by atoms with Gasteiger partial charge in [0.1, 0.15) is 5.75 Å². The van der Waals surface area contributed by atoms with Crippen LogP contribution in [0.25, 0.3) is 0 Å². The van der Waals surface area contributed by atoms with E-state index in [2.05, 4.69) is 24.4 Å². The molecule has 2 aromatic rings. The predicted octanol–water partition coefficient (Wildman–Crippen LogP) is 4.65. The quantitative estimate of drug-likeness (QED) is 0.355. The highest BCUT2D eigenvalue weighted by atomic mass is 32.1. The molecule has 7 nitrogen and oxygen atoms in total. The molecule has 0 saturated heterocycles. The van der Waals surface area contributed by atoms with Crippen molar-refractivity contribution in [2.24, 2.45) is 5.10 Å². The fourth-order valence-electron chi connectivity index (χ4n) is 2.75. The highest BCUT2D eigenvalue weighted by Crippen LogP contribution is 2.28. The number of amides is 1. The van der Waals surface area contributed by atoms with Crippen molar-refractivity contribution < 1.29 is 14.5 Å². The van der Waals surface area contributed by atoms with Crippen molar-refractivity contribution >= 4 is 29.1 Å². The first-order chi connectivity index (χ1) is 13.4. The third-order valence-corrected chi connectivity index (χ3v) is 5.45. The maximum Gasteiger partial charge on any atom is 0.283 e. The van der Waals surface area contributed by atoms with Gasteiger partial charge in [-0.1, -0.05) is 39.3 Å². The molecule has 1 aromatic carbocycles. The van der Waals surface area contributed by atoms with Gasteiger partial charge in [-0.05, 0) is 36.5 Å². The van der Waals surface area contributed by atoms with E-state index in [4.69, 9.17) is 4.74 Å². The summed E-state index contributed by atoms with van der Waals surface area (Å²) in [5.74, 6) is 0.715. The van der Waals surface area contributed by atoms with Crippen molar-refractivity contribution in [2.75, 3.05) is 6.61 Å². The number of thiophene rings is 1. The number of nitrogens with zero attached hydrogens (tertiary/aromatic N) is 2. The number of rotatable bonds is 10. The monoisotopic (exact) mass is 403 g/mol. The molecule has 0 spiro atoms. The molecule has 1 amide bonds. The van der Waals surface area contributed by atoms with Gasteiger partial charge in [0.2, 0.25) is 0 Å². The summed E-state index contributed by atoms with van der Waals surface area (Å²) in [6.07, 6.45) is 4.25. The summed E-state index contributed by atoms with van der Waals surface area (Å²) >= 11 is 1.28. The zero-order valence-corrected chi connectivity index (χ0v) is 17.1. The fourth-order valence-corrected chi connectivity index (χ4v) is 3.69. The molecule has 2 rings (SSSR count). The number of hydrogen-bond acceptors (Lipinski definition) is 6. The molecule has 0 aliphatic rings. The van der Waals surface area contributed by atoms with E-state index in [1.807, 2.05) is 31.2 Å². The number of nitro groups is 1. The number of aryl methyl sites for hydroxylation is 1. The van der Waals surface area contributed by atoms with Crippen LogP contribution in [0.15, 0.2) is 35.4 Å². The first kappa shape index (κ1) is 21.6. The van der Waals surface area contributed by atoms with Gasteiger partial charge < -0.3 is 4.74 Å². The second-order valence-electron chi connectivity index (χ2n) is 6.41. The van der Waals surface area contributed by atoms with Crippen LogP contribution >= 0.6 is 11.3 Å². The van der Waals surface area contributed by atoms with E-state index in [9.17, 15) is 14.9 Å². The van der Waals surface area contributed by atoms with Crippen LogP contribution in [0.5, 0.6) is 5.75 Å². The normalized spacial score (nSPS) is 12.1. The molecule has 0 fully saturated rings. The number of hydrazone groups is 1. The van der Waals surface area contributed by atoms with Crippen LogP contribution in [-0.2, 0) is 11.2 Å². The van der Waals surface area contributed by atoms with Gasteiger partial charge in [-0.25, -0.2) is 5.43 Å². The topological polar surface area (TPSA) is 93.8 Å². The lowest BCUT2D eigenvalue weighted by molar-refractivity contribution is -0.385. The number of carbonyl (C=O) groups is 1. The largest absolute Gasteiger partial charge is 0.484 e. The van der Waals surface area contributed by atoms with Gasteiger partial charge >= 0.3 is 0 Å². The second kappa shape index (κ2) is 10.6. The Bertz CT molecular complexity index is 830. The average molecular weight is 404 g/mol. The van der Waals surface area contributed by atoms with Gasteiger partial charge in [0.25, 0.3) is 11.6 Å². The van der Waals surface area contributed by atoms with Crippen LogP contribution < -0.4 is 10.2 Å². The molecule has 0 bridgehead atoms. The van der Waals surface area contributed by atoms with E-state index in [-0.39, 0.29) is 12.3 Å². The SMILES string of the molecule is CCCC(C)c1ccc(OCC(=O)NN=Cc2cc([N+](=O)[O-])c(CC)s2)cc1. The Morgan fingerprint density at radius 3 is 2.64 bits per heavy atom. The van der Waals surface area contributed by atoms with Gasteiger partial charge in [-0.15, -0.1) is 11.3 Å². The van der Waals surface area contributed by atoms with Crippen molar-refractivity contribution in [1.82, 2.24) is 5.43 Å². The molecular weight excluding hydrogens is 378 g/mol. The van der Waals surface area contributed by atoms with Crippen molar-refractivity contribution in [3.05, 3.63) is 55.8 Å². The number of carbonyl (C=O) groups excluding carboxylic acids is 1. The lowest BCUT2D eigenvalue weighted by Crippen LogP contribution is -2.24. The van der Waals surface area contributed by atoms with Crippen LogP contribution in [0.2, 0.25) is 0 Å². The Morgan fingerprint density at radius 2 is 2.07 bits per heavy atom. The summed E-state index contributed by atoms with van der Waals surface area (Å²) in [5, 5.41) is 14.8. The summed E-state index contributed by atoms with van der Waals surface area (Å²) in [5.41, 5.74) is 3.70. The predicted molar refractivity (Wildman–Crippen MR) is 111 cm³/mol. The van der Waals surface area contributed by atoms with E-state index < -0.39 is 10.8 Å². The maximum absolute atomic E-state index is 11.8. The lowest BCUT2D eigenvalue weighted by Gasteiger charge is -2.11. The molecule has 150 valence electrons. The first-order valence-corrected chi connectivity index (χ1v) is 10.1. The standard InChI is InChI=1S/C20H25N3O4S/c1-4-6-14(3)15-7-9-16(10-8-15)27-13-20(24)22-21-12-17-11-18(23(25)26)19(5-2)28-17/h7-12,14H,4-6,13H2,1-3H3,(H,22,24). The molecule has 1 atom stereocenters. The number of ether oxygens (including phenoxy) is 1. The van der Waals surface area contributed by atoms with Crippen molar-refractivity contribution in [2.45, 2.75) is 46.0 Å². The molecule has 1 heterocycles. The van der Waals surface area contributed by atoms with E-state index in [0.717, 1.165) is 12.8 Å². The Labute approximate surface area is 168 Å². The van der Waals surface area contributed by atoms with E-state index in [1.54, 1.807) is 0 Å². The summed E-state index contributed by atoms with van der Waals surface area (Å²) in [4.78, 5) is 23.7. The van der Waals surface area contributed by atoms with Gasteiger partial charge in [-0.2, -0.15) is 5.10 Å². The zero-order valence-electron chi connectivity index (χ0n) is 16.3. The van der Waals surface area contributed by atoms with Crippen molar-refractivity contribution in [3.8, 4) is 5.75 Å². The van der Waals surface area contributed by atoms with Crippen molar-refractivity contribution in [1.29, 1.82) is 0 Å². The Kier molecular flexibility index (Phi) is 8.13. The molecule has 1 unspecified atom stereocenters. The lowest BCUT2D eigenvalue weighted by atomic mass is 9.97. The number of benzene rings is 1. The molecule has 0 aliphatic heterocycles. The molecule has 0 aliphatic carbocycles. The molecule has 0 saturated carbocycles. The van der Waals surface area contributed by atoms with Gasteiger partial charge in [-0.3, -0.25) is 14.9 Å². The summed E-state index contributed by atoms with van der Waals surface area (Å²) < 4.78 is 5.46. The van der Waals surface area contributed by atoms with E-state index >= 15 is 0 Å². The van der Waals surface area contributed by atoms with Crippen LogP contribution in [0, 0.1) is 10.1 Å². The Balaban J connectivity index is 1.83. The second-order valence-corrected chi connectivity index (χ2v) is 7.58. The molecule has 1 aromatic heterocycles. The fraction of sp³-hybridized carbons (Fsp3) is 0.400. The molecule has 1 N–H and O–H groups in total. The maximum atomic E-state index is 11.8. The smallest absolute Gasteiger partial charge is 0.283 e. The minimum Gasteiger partial charge on any atom is -0.484 e. The van der Waals surface area contributed by atoms with Crippen LogP contribution in [0.1, 0.15) is 54.8 Å². The van der Waals surface area contributed by atoms with E-state index in [0.29, 0.717) is 27.8 Å². The highest BCUT2D eigenvalue weighted by molar-refractivity contribution is 7.14. The zero-order chi connectivity index (χ0) is 20.5. The molecule has 0 radical (unpaired) electrons. The number of nitrogens with one attached hydrogen (secondary N) is 1. The van der Waals surface area contributed by atoms with Crippen molar-refractivity contribution in [3.63, 3.8) is 0 Å². The van der Waals surface area contributed by atoms with Gasteiger partial charge in [0, 0.05) is 6.07 Å². The van der Waals surface area contributed by atoms with Gasteiger partial charge in [0.15, 0.2) is 6.61 Å². The molecular formula is C20H25N3O4S. The minimum atomic E-state index is -0.409. The van der Waals surface area contributed by atoms with Crippen LogP contribution in [-0.4, -0.2) is 23.7 Å². The van der Waals surface area contributed by atoms with Crippen LogP contribution in [0.4, 0.5) is 5.69 Å². The number of hydrogen-bond donors (Lipinski definition) is 1. The highest BCUT2D eigenvalue weighted by Gasteiger charge is 2.16. The average Bonchev–Trinajstić information content (AvgIpc) is 3.10. The minimum absolute atomic E-state index is 0.0836.